The molecule has 0 aliphatic carbocycles. The van der Waals surface area contributed by atoms with Crippen LogP contribution in [0, 0.1) is 12.3 Å². The lowest BCUT2D eigenvalue weighted by atomic mass is 9.93. The van der Waals surface area contributed by atoms with Gasteiger partial charge in [0.2, 0.25) is 11.8 Å². The Kier molecular flexibility index (Phi) is 6.71. The zero-order chi connectivity index (χ0) is 21.5. The Hall–Kier alpha value is -3.79. The molecule has 2 aromatic rings. The maximum Gasteiger partial charge on any atom is 0.411 e. The number of nitrogens with one attached hydrogen (secondary N) is 1. The Labute approximate surface area is 175 Å². The van der Waals surface area contributed by atoms with E-state index in [1.54, 1.807) is 0 Å². The first-order chi connectivity index (χ1) is 14.5. The Balaban J connectivity index is 1.78. The van der Waals surface area contributed by atoms with Crippen LogP contribution in [0.4, 0.5) is 4.79 Å². The van der Waals surface area contributed by atoms with E-state index in [0.29, 0.717) is 6.42 Å². The van der Waals surface area contributed by atoms with Gasteiger partial charge in [-0.05, 0) is 16.7 Å². The van der Waals surface area contributed by atoms with Gasteiger partial charge in [0, 0.05) is 12.8 Å². The first kappa shape index (κ1) is 20.9. The third kappa shape index (κ3) is 4.97. The molecule has 0 radical (unpaired) electrons. The van der Waals surface area contributed by atoms with Crippen LogP contribution in [-0.4, -0.2) is 34.9 Å². The smallest absolute Gasteiger partial charge is 0.411 e. The highest BCUT2D eigenvalue weighted by atomic mass is 16.6. The fraction of sp³-hybridized carbons (Fsp3) is 0.261. The SMILES string of the molecule is C#CC[C@H](NC(=O)[C@@H]1Cc2ccccc2CN1C(=O)OCc1ccccc1)C(N)=O. The summed E-state index contributed by atoms with van der Waals surface area (Å²) in [6.07, 6.45) is 4.92. The highest BCUT2D eigenvalue weighted by Gasteiger charge is 2.36. The molecule has 0 saturated carbocycles. The summed E-state index contributed by atoms with van der Waals surface area (Å²) in [6, 6.07) is 15.0. The fourth-order valence-electron chi connectivity index (χ4n) is 3.36. The molecule has 0 aromatic heterocycles. The average Bonchev–Trinajstić information content (AvgIpc) is 2.76. The molecule has 7 heteroatoms. The number of nitrogens with two attached hydrogens (primary N) is 1. The van der Waals surface area contributed by atoms with Crippen LogP contribution in [0.2, 0.25) is 0 Å². The number of fused-ring (bicyclic) bond motifs is 1. The van der Waals surface area contributed by atoms with E-state index in [2.05, 4.69) is 11.2 Å². The summed E-state index contributed by atoms with van der Waals surface area (Å²) in [5.41, 5.74) is 8.06. The monoisotopic (exact) mass is 405 g/mol. The third-order valence-corrected chi connectivity index (χ3v) is 4.97. The molecule has 1 aliphatic rings. The Morgan fingerprint density at radius 1 is 1.13 bits per heavy atom. The van der Waals surface area contributed by atoms with Gasteiger partial charge in [-0.2, -0.15) is 0 Å². The van der Waals surface area contributed by atoms with Gasteiger partial charge in [0.25, 0.3) is 0 Å². The molecule has 1 aliphatic heterocycles. The van der Waals surface area contributed by atoms with E-state index in [4.69, 9.17) is 16.9 Å². The van der Waals surface area contributed by atoms with Gasteiger partial charge in [-0.1, -0.05) is 54.6 Å². The van der Waals surface area contributed by atoms with Gasteiger partial charge >= 0.3 is 6.09 Å². The summed E-state index contributed by atoms with van der Waals surface area (Å²) < 4.78 is 5.45. The van der Waals surface area contributed by atoms with Crippen molar-refractivity contribution in [3.8, 4) is 12.3 Å². The third-order valence-electron chi connectivity index (χ3n) is 4.97. The molecular formula is C23H23N3O4. The number of carbonyl (C=O) groups excluding carboxylic acids is 3. The number of benzene rings is 2. The number of terminal acetylenes is 1. The summed E-state index contributed by atoms with van der Waals surface area (Å²) in [6.45, 7) is 0.311. The van der Waals surface area contributed by atoms with Crippen molar-refractivity contribution in [2.75, 3.05) is 0 Å². The first-order valence-corrected chi connectivity index (χ1v) is 9.57. The highest BCUT2D eigenvalue weighted by molar-refractivity contribution is 5.91. The molecule has 0 saturated heterocycles. The van der Waals surface area contributed by atoms with E-state index in [9.17, 15) is 14.4 Å². The van der Waals surface area contributed by atoms with Gasteiger partial charge in [0.05, 0.1) is 6.54 Å². The van der Waals surface area contributed by atoms with Crippen molar-refractivity contribution in [1.29, 1.82) is 0 Å². The second-order valence-electron chi connectivity index (χ2n) is 7.03. The van der Waals surface area contributed by atoms with Crippen molar-refractivity contribution >= 4 is 17.9 Å². The maximum atomic E-state index is 12.9. The molecule has 2 atom stereocenters. The van der Waals surface area contributed by atoms with Crippen molar-refractivity contribution in [3.05, 3.63) is 71.3 Å². The normalized spacial score (nSPS) is 16.0. The van der Waals surface area contributed by atoms with Crippen LogP contribution in [-0.2, 0) is 33.9 Å². The summed E-state index contributed by atoms with van der Waals surface area (Å²) in [5, 5.41) is 2.57. The van der Waals surface area contributed by atoms with E-state index in [0.717, 1.165) is 16.7 Å². The predicted molar refractivity (Wildman–Crippen MR) is 111 cm³/mol. The zero-order valence-corrected chi connectivity index (χ0v) is 16.4. The second-order valence-corrected chi connectivity index (χ2v) is 7.03. The van der Waals surface area contributed by atoms with Crippen molar-refractivity contribution in [1.82, 2.24) is 10.2 Å². The highest BCUT2D eigenvalue weighted by Crippen LogP contribution is 2.24. The predicted octanol–water partition coefficient (Wildman–Crippen LogP) is 1.74. The molecule has 0 spiro atoms. The molecule has 3 N–H and O–H groups in total. The van der Waals surface area contributed by atoms with E-state index in [1.165, 1.54) is 4.90 Å². The molecule has 2 aromatic carbocycles. The van der Waals surface area contributed by atoms with Gasteiger partial charge in [0.15, 0.2) is 0 Å². The molecule has 0 bridgehead atoms. The molecule has 0 unspecified atom stereocenters. The Bertz CT molecular complexity index is 968. The van der Waals surface area contributed by atoms with Gasteiger partial charge in [-0.25, -0.2) is 4.79 Å². The standard InChI is InChI=1S/C23H23N3O4/c1-2-8-19(21(24)27)25-22(28)20-13-17-11-6-7-12-18(17)14-26(20)23(29)30-15-16-9-4-3-5-10-16/h1,3-7,9-12,19-20H,8,13-15H2,(H2,24,27)(H,25,28)/t19-,20-/m0/s1. The number of primary amides is 1. The van der Waals surface area contributed by atoms with E-state index in [-0.39, 0.29) is 19.6 Å². The van der Waals surface area contributed by atoms with Gasteiger partial charge < -0.3 is 15.8 Å². The van der Waals surface area contributed by atoms with Gasteiger partial charge in [-0.3, -0.25) is 14.5 Å². The van der Waals surface area contributed by atoms with Crippen LogP contribution in [0.25, 0.3) is 0 Å². The van der Waals surface area contributed by atoms with Crippen LogP contribution < -0.4 is 11.1 Å². The lowest BCUT2D eigenvalue weighted by molar-refractivity contribution is -0.130. The van der Waals surface area contributed by atoms with Crippen molar-refractivity contribution in [2.24, 2.45) is 5.73 Å². The first-order valence-electron chi connectivity index (χ1n) is 9.57. The number of hydrogen-bond donors (Lipinski definition) is 2. The lowest BCUT2D eigenvalue weighted by Crippen LogP contribution is -2.56. The Morgan fingerprint density at radius 2 is 1.80 bits per heavy atom. The number of ether oxygens (including phenoxy) is 1. The molecule has 154 valence electrons. The van der Waals surface area contributed by atoms with Crippen LogP contribution >= 0.6 is 0 Å². The molecule has 3 rings (SSSR count). The quantitative estimate of drug-likeness (QED) is 0.715. The minimum Gasteiger partial charge on any atom is -0.445 e. The number of nitrogens with zero attached hydrogens (tertiary/aromatic N) is 1. The molecule has 3 amide bonds. The van der Waals surface area contributed by atoms with Gasteiger partial charge in [-0.15, -0.1) is 12.3 Å². The zero-order valence-electron chi connectivity index (χ0n) is 16.4. The molecule has 7 nitrogen and oxygen atoms in total. The minimum absolute atomic E-state index is 0.0250. The second kappa shape index (κ2) is 9.61. The average molecular weight is 405 g/mol. The summed E-state index contributed by atoms with van der Waals surface area (Å²) in [5.74, 6) is 1.10. The molecular weight excluding hydrogens is 382 g/mol. The van der Waals surface area contributed by atoms with E-state index in [1.807, 2.05) is 54.6 Å². The topological polar surface area (TPSA) is 102 Å². The van der Waals surface area contributed by atoms with Crippen molar-refractivity contribution in [3.63, 3.8) is 0 Å². The van der Waals surface area contributed by atoms with Crippen LogP contribution in [0.3, 0.4) is 0 Å². The molecule has 0 fully saturated rings. The van der Waals surface area contributed by atoms with Crippen LogP contribution in [0.15, 0.2) is 54.6 Å². The van der Waals surface area contributed by atoms with E-state index < -0.39 is 30.0 Å². The van der Waals surface area contributed by atoms with Crippen molar-refractivity contribution < 1.29 is 19.1 Å². The summed E-state index contributed by atoms with van der Waals surface area (Å²) in [7, 11) is 0. The fourth-order valence-corrected chi connectivity index (χ4v) is 3.36. The van der Waals surface area contributed by atoms with Crippen LogP contribution in [0.1, 0.15) is 23.1 Å². The summed E-state index contributed by atoms with van der Waals surface area (Å²) >= 11 is 0. The number of rotatable bonds is 6. The van der Waals surface area contributed by atoms with Crippen molar-refractivity contribution in [2.45, 2.75) is 38.1 Å². The minimum atomic E-state index is -0.998. The summed E-state index contributed by atoms with van der Waals surface area (Å²) in [4.78, 5) is 38.7. The number of amides is 3. The maximum absolute atomic E-state index is 12.9. The molecule has 30 heavy (non-hydrogen) atoms. The Morgan fingerprint density at radius 3 is 2.47 bits per heavy atom. The molecule has 1 heterocycles. The van der Waals surface area contributed by atoms with Crippen LogP contribution in [0.5, 0.6) is 0 Å². The lowest BCUT2D eigenvalue weighted by Gasteiger charge is -2.35. The number of hydrogen-bond acceptors (Lipinski definition) is 4. The van der Waals surface area contributed by atoms with E-state index >= 15 is 0 Å². The largest absolute Gasteiger partial charge is 0.445 e. The number of carbonyl (C=O) groups is 3. The van der Waals surface area contributed by atoms with Gasteiger partial charge in [0.1, 0.15) is 18.7 Å².